The molecule has 0 fully saturated rings. The van der Waals surface area contributed by atoms with Gasteiger partial charge >= 0.3 is 0 Å². The van der Waals surface area contributed by atoms with E-state index >= 15 is 0 Å². The Kier molecular flexibility index (Phi) is 3.24. The average Bonchev–Trinajstić information content (AvgIpc) is 2.27. The molecule has 1 atom stereocenters. The van der Waals surface area contributed by atoms with Crippen LogP contribution in [0.15, 0.2) is 34.8 Å². The van der Waals surface area contributed by atoms with Gasteiger partial charge in [-0.3, -0.25) is 4.99 Å². The second-order valence-electron chi connectivity index (χ2n) is 3.45. The zero-order chi connectivity index (χ0) is 11.4. The van der Waals surface area contributed by atoms with Crippen LogP contribution in [0, 0.1) is 5.95 Å². The van der Waals surface area contributed by atoms with Crippen LogP contribution < -0.4 is 5.32 Å². The molecule has 1 N–H and O–H groups in total. The number of hydrogen-bond acceptors (Lipinski definition) is 3. The molecule has 0 saturated carbocycles. The fourth-order valence-electron chi connectivity index (χ4n) is 1.40. The predicted molar refractivity (Wildman–Crippen MR) is 59.0 cm³/mol. The molecule has 1 aliphatic rings. The maximum atomic E-state index is 12.9. The number of pyridine rings is 1. The zero-order valence-corrected chi connectivity index (χ0v) is 8.53. The van der Waals surface area contributed by atoms with Crippen LogP contribution in [0.25, 0.3) is 0 Å². The molecule has 1 aromatic rings. The Morgan fingerprint density at radius 2 is 2.31 bits per heavy atom. The quantitative estimate of drug-likeness (QED) is 0.795. The van der Waals surface area contributed by atoms with Crippen molar-refractivity contribution in [1.29, 1.82) is 0 Å². The number of halogens is 2. The highest BCUT2D eigenvalue weighted by Gasteiger charge is 2.08. The van der Waals surface area contributed by atoms with E-state index in [1.807, 2.05) is 0 Å². The Bertz CT molecular complexity index is 429. The third-order valence-corrected chi connectivity index (χ3v) is 2.12. The summed E-state index contributed by atoms with van der Waals surface area (Å²) in [5, 5.41) is 2.90. The maximum Gasteiger partial charge on any atom is 0.214 e. The molecule has 16 heavy (non-hydrogen) atoms. The number of rotatable bonds is 3. The number of hydrogen-bond donors (Lipinski definition) is 1. The highest BCUT2D eigenvalue weighted by molar-refractivity contribution is 5.80. The smallest absolute Gasteiger partial charge is 0.214 e. The number of alkyl halides is 1. The lowest BCUT2D eigenvalue weighted by atomic mass is 10.2. The molecule has 1 aliphatic heterocycles. The molecule has 2 heterocycles. The first kappa shape index (κ1) is 10.7. The summed E-state index contributed by atoms with van der Waals surface area (Å²) in [5.74, 6) is -0.116. The summed E-state index contributed by atoms with van der Waals surface area (Å²) in [6.45, 7) is 0.572. The van der Waals surface area contributed by atoms with Gasteiger partial charge in [0.15, 0.2) is 0 Å². The number of anilines is 1. The molecule has 0 saturated heterocycles. The number of aromatic nitrogens is 1. The number of nitrogens with one attached hydrogen (secondary N) is 1. The molecule has 0 bridgehead atoms. The Morgan fingerprint density at radius 3 is 3.06 bits per heavy atom. The summed E-state index contributed by atoms with van der Waals surface area (Å²) in [6.07, 6.45) is 2.09. The fourth-order valence-corrected chi connectivity index (χ4v) is 1.40. The minimum atomic E-state index is -1.03. The summed E-state index contributed by atoms with van der Waals surface area (Å²) in [4.78, 5) is 7.50. The van der Waals surface area contributed by atoms with Gasteiger partial charge in [-0.25, -0.2) is 9.37 Å². The molecule has 0 amide bonds. The van der Waals surface area contributed by atoms with Crippen molar-refractivity contribution in [2.24, 2.45) is 4.99 Å². The van der Waals surface area contributed by atoms with Crippen molar-refractivity contribution >= 4 is 12.0 Å². The van der Waals surface area contributed by atoms with Gasteiger partial charge in [0.25, 0.3) is 0 Å². The van der Waals surface area contributed by atoms with Crippen LogP contribution in [0.3, 0.4) is 0 Å². The van der Waals surface area contributed by atoms with Crippen LogP contribution >= 0.6 is 0 Å². The lowest BCUT2D eigenvalue weighted by Crippen LogP contribution is -2.14. The number of dihydropyridines is 1. The topological polar surface area (TPSA) is 37.3 Å². The Morgan fingerprint density at radius 1 is 1.44 bits per heavy atom. The van der Waals surface area contributed by atoms with Crippen molar-refractivity contribution in [3.8, 4) is 0 Å². The maximum absolute atomic E-state index is 12.9. The first-order valence-corrected chi connectivity index (χ1v) is 4.95. The summed E-state index contributed by atoms with van der Waals surface area (Å²) in [6, 6.07) is 4.48. The van der Waals surface area contributed by atoms with E-state index in [1.54, 1.807) is 18.3 Å². The van der Waals surface area contributed by atoms with E-state index in [1.165, 1.54) is 12.1 Å². The monoisotopic (exact) mass is 223 g/mol. The molecule has 1 unspecified atom stereocenters. The summed E-state index contributed by atoms with van der Waals surface area (Å²) >= 11 is 0. The van der Waals surface area contributed by atoms with Crippen LogP contribution in [-0.4, -0.2) is 30.5 Å². The van der Waals surface area contributed by atoms with Gasteiger partial charge in [-0.2, -0.15) is 4.39 Å². The summed E-state index contributed by atoms with van der Waals surface area (Å²) in [7, 11) is 0. The van der Waals surface area contributed by atoms with E-state index in [0.717, 1.165) is 5.57 Å². The van der Waals surface area contributed by atoms with Gasteiger partial charge in [-0.15, -0.1) is 0 Å². The molecule has 0 aliphatic carbocycles. The average molecular weight is 223 g/mol. The Balaban J connectivity index is 1.95. The highest BCUT2D eigenvalue weighted by atomic mass is 19.1. The van der Waals surface area contributed by atoms with Crippen molar-refractivity contribution in [1.82, 2.24) is 4.98 Å². The van der Waals surface area contributed by atoms with E-state index in [0.29, 0.717) is 12.4 Å². The first-order valence-electron chi connectivity index (χ1n) is 4.95. The van der Waals surface area contributed by atoms with Gasteiger partial charge in [-0.05, 0) is 23.8 Å². The SMILES string of the molecule is Fc1cccc(NCC2=CC(F)CN=C2)n1. The molecule has 0 aromatic carbocycles. The summed E-state index contributed by atoms with van der Waals surface area (Å²) < 4.78 is 25.7. The van der Waals surface area contributed by atoms with Crippen LogP contribution in [0.4, 0.5) is 14.6 Å². The van der Waals surface area contributed by atoms with E-state index < -0.39 is 12.1 Å². The lowest BCUT2D eigenvalue weighted by molar-refractivity contribution is 0.406. The zero-order valence-electron chi connectivity index (χ0n) is 8.53. The van der Waals surface area contributed by atoms with E-state index in [-0.39, 0.29) is 6.54 Å². The van der Waals surface area contributed by atoms with Crippen molar-refractivity contribution < 1.29 is 8.78 Å². The predicted octanol–water partition coefficient (Wildman–Crippen LogP) is 1.98. The Labute approximate surface area is 91.9 Å². The standard InChI is InChI=1S/C11H11F2N3/c12-9-4-8(5-14-7-9)6-15-11-3-1-2-10(13)16-11/h1-5,9H,6-7H2,(H,15,16). The second-order valence-corrected chi connectivity index (χ2v) is 3.45. The first-order chi connectivity index (χ1) is 7.74. The third kappa shape index (κ3) is 2.85. The number of nitrogens with zero attached hydrogens (tertiary/aromatic N) is 2. The van der Waals surface area contributed by atoms with Crippen molar-refractivity contribution in [2.75, 3.05) is 18.4 Å². The van der Waals surface area contributed by atoms with Gasteiger partial charge in [0.2, 0.25) is 5.95 Å². The molecule has 2 rings (SSSR count). The normalized spacial score (nSPS) is 19.4. The van der Waals surface area contributed by atoms with Crippen molar-refractivity contribution in [3.05, 3.63) is 35.8 Å². The van der Waals surface area contributed by atoms with E-state index in [9.17, 15) is 8.78 Å². The molecular weight excluding hydrogens is 212 g/mol. The number of aliphatic imine (C=N–C) groups is 1. The van der Waals surface area contributed by atoms with Crippen LogP contribution in [0.2, 0.25) is 0 Å². The minimum absolute atomic E-state index is 0.182. The van der Waals surface area contributed by atoms with E-state index in [4.69, 9.17) is 0 Å². The highest BCUT2D eigenvalue weighted by Crippen LogP contribution is 2.08. The van der Waals surface area contributed by atoms with Gasteiger partial charge < -0.3 is 5.32 Å². The van der Waals surface area contributed by atoms with Crippen molar-refractivity contribution in [2.45, 2.75) is 6.17 Å². The van der Waals surface area contributed by atoms with Crippen molar-refractivity contribution in [3.63, 3.8) is 0 Å². The molecule has 0 radical (unpaired) electrons. The minimum Gasteiger partial charge on any atom is -0.366 e. The van der Waals surface area contributed by atoms with Crippen LogP contribution in [0.1, 0.15) is 0 Å². The lowest BCUT2D eigenvalue weighted by Gasteiger charge is -2.10. The van der Waals surface area contributed by atoms with Gasteiger partial charge in [0.1, 0.15) is 12.0 Å². The Hall–Kier alpha value is -1.78. The molecular formula is C11H11F2N3. The molecule has 1 aromatic heterocycles. The summed E-state index contributed by atoms with van der Waals surface area (Å²) in [5.41, 5.74) is 0.741. The molecule has 0 spiro atoms. The van der Waals surface area contributed by atoms with Gasteiger partial charge in [-0.1, -0.05) is 6.07 Å². The molecule has 3 nitrogen and oxygen atoms in total. The fraction of sp³-hybridized carbons (Fsp3) is 0.273. The molecule has 5 heteroatoms. The third-order valence-electron chi connectivity index (χ3n) is 2.12. The molecule has 84 valence electrons. The van der Waals surface area contributed by atoms with Crippen LogP contribution in [0.5, 0.6) is 0 Å². The largest absolute Gasteiger partial charge is 0.366 e. The second kappa shape index (κ2) is 4.83. The van der Waals surface area contributed by atoms with E-state index in [2.05, 4.69) is 15.3 Å². The van der Waals surface area contributed by atoms with Gasteiger partial charge in [0, 0.05) is 12.8 Å². The van der Waals surface area contributed by atoms with Crippen LogP contribution in [-0.2, 0) is 0 Å². The van der Waals surface area contributed by atoms with Gasteiger partial charge in [0.05, 0.1) is 6.54 Å².